The number of nitriles is 1. The first-order valence-electron chi connectivity index (χ1n) is 10.4. The molecule has 0 amide bonds. The average Bonchev–Trinajstić information content (AvgIpc) is 3.36. The van der Waals surface area contributed by atoms with Crippen LogP contribution in [0.25, 0.3) is 22.3 Å². The Morgan fingerprint density at radius 1 is 1.07 bits per heavy atom. The fourth-order valence-electron chi connectivity index (χ4n) is 4.41. The number of fused-ring (bicyclic) bond motifs is 1. The van der Waals surface area contributed by atoms with Gasteiger partial charge in [0.2, 0.25) is 0 Å². The summed E-state index contributed by atoms with van der Waals surface area (Å²) in [4.78, 5) is 2.39. The molecule has 1 aliphatic rings. The quantitative estimate of drug-likeness (QED) is 0.510. The van der Waals surface area contributed by atoms with Gasteiger partial charge in [-0.1, -0.05) is 12.1 Å². The Hall–Kier alpha value is -3.59. The third-order valence-electron chi connectivity index (χ3n) is 5.97. The zero-order valence-corrected chi connectivity index (χ0v) is 17.3. The Balaban J connectivity index is 1.52. The molecule has 150 valence electrons. The molecule has 0 spiro atoms. The lowest BCUT2D eigenvalue weighted by Gasteiger charge is -2.31. The molecule has 1 aromatic carbocycles. The Morgan fingerprint density at radius 2 is 1.83 bits per heavy atom. The molecule has 3 aromatic heterocycles. The van der Waals surface area contributed by atoms with Gasteiger partial charge >= 0.3 is 0 Å². The largest absolute Gasteiger partial charge is 0.370 e. The predicted octanol–water partition coefficient (Wildman–Crippen LogP) is 4.54. The summed E-state index contributed by atoms with van der Waals surface area (Å²) in [5, 5.41) is 18.4. The number of benzene rings is 1. The monoisotopic (exact) mass is 396 g/mol. The molecule has 6 heteroatoms. The number of piperidine rings is 1. The highest BCUT2D eigenvalue weighted by atomic mass is 15.3. The van der Waals surface area contributed by atoms with E-state index < -0.39 is 0 Å². The average molecular weight is 396 g/mol. The molecule has 4 heterocycles. The molecule has 0 atom stereocenters. The number of pyridine rings is 1. The van der Waals surface area contributed by atoms with Gasteiger partial charge in [0.1, 0.15) is 0 Å². The number of hydrogen-bond acceptors (Lipinski definition) is 4. The van der Waals surface area contributed by atoms with E-state index in [1.165, 1.54) is 5.69 Å². The molecule has 0 N–H and O–H groups in total. The third-order valence-corrected chi connectivity index (χ3v) is 5.97. The van der Waals surface area contributed by atoms with Crippen LogP contribution in [-0.4, -0.2) is 32.5 Å². The highest BCUT2D eigenvalue weighted by Crippen LogP contribution is 2.34. The zero-order valence-electron chi connectivity index (χ0n) is 17.3. The molecule has 0 saturated carbocycles. The van der Waals surface area contributed by atoms with E-state index in [-0.39, 0.29) is 5.92 Å². The second-order valence-corrected chi connectivity index (χ2v) is 8.02. The van der Waals surface area contributed by atoms with Crippen LogP contribution in [0.2, 0.25) is 0 Å². The molecule has 0 bridgehead atoms. The molecule has 1 aliphatic heterocycles. The van der Waals surface area contributed by atoms with Crippen molar-refractivity contribution in [1.82, 2.24) is 19.4 Å². The molecule has 30 heavy (non-hydrogen) atoms. The van der Waals surface area contributed by atoms with Crippen LogP contribution in [0.1, 0.15) is 24.2 Å². The highest BCUT2D eigenvalue weighted by Gasteiger charge is 2.22. The maximum Gasteiger partial charge on any atom is 0.0973 e. The lowest BCUT2D eigenvalue weighted by molar-refractivity contribution is 0.488. The number of aromatic nitrogens is 4. The topological polar surface area (TPSA) is 62.1 Å². The molecule has 0 unspecified atom stereocenters. The number of nitrogens with zero attached hydrogens (tertiary/aromatic N) is 6. The van der Waals surface area contributed by atoms with E-state index in [0.717, 1.165) is 59.7 Å². The fraction of sp³-hybridized carbons (Fsp3) is 0.292. The summed E-state index contributed by atoms with van der Waals surface area (Å²) in [6, 6.07) is 17.2. The smallest absolute Gasteiger partial charge is 0.0973 e. The summed E-state index contributed by atoms with van der Waals surface area (Å²) < 4.78 is 3.93. The lowest BCUT2D eigenvalue weighted by Crippen LogP contribution is -2.33. The van der Waals surface area contributed by atoms with E-state index in [1.807, 2.05) is 34.6 Å². The van der Waals surface area contributed by atoms with Crippen molar-refractivity contribution in [3.8, 4) is 22.9 Å². The van der Waals surface area contributed by atoms with Gasteiger partial charge in [-0.3, -0.25) is 0 Å². The van der Waals surface area contributed by atoms with Gasteiger partial charge in [-0.2, -0.15) is 15.5 Å². The summed E-state index contributed by atoms with van der Waals surface area (Å²) in [5.41, 5.74) is 7.75. The van der Waals surface area contributed by atoms with Crippen LogP contribution in [0.3, 0.4) is 0 Å². The second-order valence-electron chi connectivity index (χ2n) is 8.02. The van der Waals surface area contributed by atoms with Crippen molar-refractivity contribution in [3.05, 3.63) is 66.2 Å². The van der Waals surface area contributed by atoms with Crippen LogP contribution < -0.4 is 4.90 Å². The molecule has 5 rings (SSSR count). The van der Waals surface area contributed by atoms with Crippen LogP contribution in [0.5, 0.6) is 0 Å². The number of rotatable bonds is 3. The van der Waals surface area contributed by atoms with Crippen molar-refractivity contribution in [2.24, 2.45) is 5.92 Å². The maximum atomic E-state index is 9.21. The summed E-state index contributed by atoms with van der Waals surface area (Å²) >= 11 is 0. The SMILES string of the molecule is Cc1cc(C)n(-c2ccc(-c3cnn4cccc(N5CCC(C#N)CC5)c34)cc2)n1. The first kappa shape index (κ1) is 18.4. The van der Waals surface area contributed by atoms with Crippen molar-refractivity contribution < 1.29 is 0 Å². The van der Waals surface area contributed by atoms with Gasteiger partial charge in [-0.15, -0.1) is 0 Å². The predicted molar refractivity (Wildman–Crippen MR) is 118 cm³/mol. The summed E-state index contributed by atoms with van der Waals surface area (Å²) in [7, 11) is 0. The lowest BCUT2D eigenvalue weighted by atomic mass is 9.97. The van der Waals surface area contributed by atoms with E-state index in [4.69, 9.17) is 0 Å². The van der Waals surface area contributed by atoms with Gasteiger partial charge in [-0.25, -0.2) is 9.20 Å². The standard InChI is InChI=1S/C24H24N6/c1-17-14-18(2)30(27-17)21-7-5-20(6-8-21)22-16-26-29-11-3-4-23(24(22)29)28-12-9-19(15-25)10-13-28/h3-8,11,14,16,19H,9-10,12-13H2,1-2H3. The van der Waals surface area contributed by atoms with Gasteiger partial charge in [0.05, 0.1) is 34.9 Å². The molecule has 1 fully saturated rings. The minimum Gasteiger partial charge on any atom is -0.370 e. The number of aryl methyl sites for hydroxylation is 2. The Bertz CT molecular complexity index is 1230. The highest BCUT2D eigenvalue weighted by molar-refractivity contribution is 5.90. The summed E-state index contributed by atoms with van der Waals surface area (Å²) in [6.07, 6.45) is 5.77. The number of hydrogen-bond donors (Lipinski definition) is 0. The van der Waals surface area contributed by atoms with Crippen molar-refractivity contribution >= 4 is 11.2 Å². The second kappa shape index (κ2) is 7.34. The molecule has 6 nitrogen and oxygen atoms in total. The van der Waals surface area contributed by atoms with E-state index in [1.54, 1.807) is 0 Å². The van der Waals surface area contributed by atoms with Crippen LogP contribution in [0.4, 0.5) is 5.69 Å². The fourth-order valence-corrected chi connectivity index (χ4v) is 4.41. The minimum absolute atomic E-state index is 0.173. The van der Waals surface area contributed by atoms with Gasteiger partial charge in [0.15, 0.2) is 0 Å². The summed E-state index contributed by atoms with van der Waals surface area (Å²) in [5.74, 6) is 0.173. The van der Waals surface area contributed by atoms with Crippen LogP contribution in [-0.2, 0) is 0 Å². The van der Waals surface area contributed by atoms with Gasteiger partial charge in [0.25, 0.3) is 0 Å². The van der Waals surface area contributed by atoms with Gasteiger partial charge in [-0.05, 0) is 62.6 Å². The Kier molecular flexibility index (Phi) is 4.51. The minimum atomic E-state index is 0.173. The van der Waals surface area contributed by atoms with Gasteiger partial charge < -0.3 is 4.90 Å². The van der Waals surface area contributed by atoms with E-state index in [0.29, 0.717) is 0 Å². The molecule has 0 radical (unpaired) electrons. The Morgan fingerprint density at radius 3 is 2.50 bits per heavy atom. The van der Waals surface area contributed by atoms with E-state index >= 15 is 0 Å². The van der Waals surface area contributed by atoms with Crippen LogP contribution >= 0.6 is 0 Å². The molecule has 1 saturated heterocycles. The van der Waals surface area contributed by atoms with Crippen LogP contribution in [0.15, 0.2) is 54.9 Å². The van der Waals surface area contributed by atoms with E-state index in [2.05, 4.69) is 64.5 Å². The third kappa shape index (κ3) is 3.13. The van der Waals surface area contributed by atoms with Gasteiger partial charge in [0, 0.05) is 36.5 Å². The van der Waals surface area contributed by atoms with Crippen molar-refractivity contribution in [2.75, 3.05) is 18.0 Å². The Labute approximate surface area is 176 Å². The first-order valence-corrected chi connectivity index (χ1v) is 10.4. The zero-order chi connectivity index (χ0) is 20.7. The van der Waals surface area contributed by atoms with Crippen molar-refractivity contribution in [2.45, 2.75) is 26.7 Å². The first-order chi connectivity index (χ1) is 14.6. The molecule has 0 aliphatic carbocycles. The van der Waals surface area contributed by atoms with Crippen molar-refractivity contribution in [1.29, 1.82) is 5.26 Å². The molecular formula is C24H24N6. The normalized spacial score (nSPS) is 14.9. The number of anilines is 1. The maximum absolute atomic E-state index is 9.21. The van der Waals surface area contributed by atoms with E-state index in [9.17, 15) is 5.26 Å². The molecule has 4 aromatic rings. The van der Waals surface area contributed by atoms with Crippen LogP contribution in [0, 0.1) is 31.1 Å². The van der Waals surface area contributed by atoms with Crippen molar-refractivity contribution in [3.63, 3.8) is 0 Å². The molecular weight excluding hydrogens is 372 g/mol. The summed E-state index contributed by atoms with van der Waals surface area (Å²) in [6.45, 7) is 5.89.